The Morgan fingerprint density at radius 3 is 3.00 bits per heavy atom. The lowest BCUT2D eigenvalue weighted by Gasteiger charge is -2.29. The molecule has 0 saturated heterocycles. The minimum absolute atomic E-state index is 0.751. The number of likely N-dealkylation sites (N-methyl/N-ethyl adjacent to an activating group) is 1. The van der Waals surface area contributed by atoms with E-state index in [1.807, 2.05) is 19.2 Å². The van der Waals surface area contributed by atoms with Crippen molar-refractivity contribution in [2.75, 3.05) is 20.1 Å². The highest BCUT2D eigenvalue weighted by molar-refractivity contribution is 6.35. The molecule has 1 aliphatic rings. The van der Waals surface area contributed by atoms with Crippen LogP contribution in [0.1, 0.15) is 23.7 Å². The Morgan fingerprint density at radius 2 is 2.25 bits per heavy atom. The lowest BCUT2D eigenvalue weighted by Crippen LogP contribution is -2.32. The third-order valence-corrected chi connectivity index (χ3v) is 4.42. The smallest absolute Gasteiger partial charge is 0.0894 e. The standard InChI is InChI=1S/C16H20ClN3/c1-3-20-8-7-15-13(10-20)12(9-18-2)11-5-4-6-14(17)16(11)19-15/h4-6,18H,3,7-10H2,1-2H3. The maximum absolute atomic E-state index is 6.33. The fourth-order valence-electron chi connectivity index (χ4n) is 3.02. The van der Waals surface area contributed by atoms with E-state index in [1.54, 1.807) is 0 Å². The molecule has 2 aromatic rings. The monoisotopic (exact) mass is 289 g/mol. The number of aromatic nitrogens is 1. The van der Waals surface area contributed by atoms with Crippen LogP contribution in [-0.2, 0) is 19.5 Å². The largest absolute Gasteiger partial charge is 0.316 e. The lowest BCUT2D eigenvalue weighted by molar-refractivity contribution is 0.265. The highest BCUT2D eigenvalue weighted by Crippen LogP contribution is 2.31. The van der Waals surface area contributed by atoms with E-state index in [-0.39, 0.29) is 0 Å². The van der Waals surface area contributed by atoms with Gasteiger partial charge in [0.05, 0.1) is 10.5 Å². The van der Waals surface area contributed by atoms with Gasteiger partial charge in [0.15, 0.2) is 0 Å². The number of hydrogen-bond acceptors (Lipinski definition) is 3. The van der Waals surface area contributed by atoms with Crippen LogP contribution in [0.2, 0.25) is 5.02 Å². The van der Waals surface area contributed by atoms with Crippen LogP contribution in [0.4, 0.5) is 0 Å². The minimum Gasteiger partial charge on any atom is -0.316 e. The lowest BCUT2D eigenvalue weighted by atomic mass is 9.95. The van der Waals surface area contributed by atoms with Gasteiger partial charge in [-0.25, -0.2) is 0 Å². The first-order valence-corrected chi connectivity index (χ1v) is 7.58. The van der Waals surface area contributed by atoms with Crippen molar-refractivity contribution in [3.8, 4) is 0 Å². The molecular weight excluding hydrogens is 270 g/mol. The summed E-state index contributed by atoms with van der Waals surface area (Å²) >= 11 is 6.33. The molecule has 0 spiro atoms. The number of fused-ring (bicyclic) bond motifs is 2. The van der Waals surface area contributed by atoms with Gasteiger partial charge in [-0.3, -0.25) is 9.88 Å². The molecule has 1 aromatic carbocycles. The summed E-state index contributed by atoms with van der Waals surface area (Å²) in [6.45, 7) is 6.25. The second-order valence-electron chi connectivity index (χ2n) is 5.30. The molecule has 1 aromatic heterocycles. The van der Waals surface area contributed by atoms with Crippen molar-refractivity contribution in [1.29, 1.82) is 0 Å². The van der Waals surface area contributed by atoms with Gasteiger partial charge in [-0.1, -0.05) is 30.7 Å². The number of benzene rings is 1. The first kappa shape index (κ1) is 13.8. The van der Waals surface area contributed by atoms with Gasteiger partial charge < -0.3 is 5.32 Å². The van der Waals surface area contributed by atoms with E-state index in [1.165, 1.54) is 22.2 Å². The number of hydrogen-bond donors (Lipinski definition) is 1. The van der Waals surface area contributed by atoms with E-state index in [4.69, 9.17) is 16.6 Å². The molecule has 0 saturated carbocycles. The maximum Gasteiger partial charge on any atom is 0.0894 e. The Bertz CT molecular complexity index is 639. The van der Waals surface area contributed by atoms with Crippen LogP contribution < -0.4 is 5.32 Å². The Morgan fingerprint density at radius 1 is 1.40 bits per heavy atom. The summed E-state index contributed by atoms with van der Waals surface area (Å²) in [7, 11) is 1.99. The van der Waals surface area contributed by atoms with Crippen LogP contribution in [0, 0.1) is 0 Å². The average molecular weight is 290 g/mol. The predicted octanol–water partition coefficient (Wildman–Crippen LogP) is 2.99. The van der Waals surface area contributed by atoms with Gasteiger partial charge in [0.1, 0.15) is 0 Å². The summed E-state index contributed by atoms with van der Waals surface area (Å²) in [5.41, 5.74) is 4.92. The molecule has 3 rings (SSSR count). The first-order valence-electron chi connectivity index (χ1n) is 7.20. The second-order valence-corrected chi connectivity index (χ2v) is 5.71. The quantitative estimate of drug-likeness (QED) is 0.941. The molecule has 0 bridgehead atoms. The van der Waals surface area contributed by atoms with Gasteiger partial charge in [0.25, 0.3) is 0 Å². The average Bonchev–Trinajstić information content (AvgIpc) is 2.48. The van der Waals surface area contributed by atoms with Gasteiger partial charge in [0, 0.05) is 37.1 Å². The second kappa shape index (κ2) is 5.68. The van der Waals surface area contributed by atoms with E-state index in [0.717, 1.165) is 43.1 Å². The number of para-hydroxylation sites is 1. The van der Waals surface area contributed by atoms with Crippen LogP contribution in [0.5, 0.6) is 0 Å². The Balaban J connectivity index is 2.23. The summed E-state index contributed by atoms with van der Waals surface area (Å²) in [4.78, 5) is 7.31. The number of pyridine rings is 1. The van der Waals surface area contributed by atoms with E-state index in [9.17, 15) is 0 Å². The van der Waals surface area contributed by atoms with Crippen LogP contribution in [0.3, 0.4) is 0 Å². The van der Waals surface area contributed by atoms with Crippen molar-refractivity contribution in [2.24, 2.45) is 0 Å². The van der Waals surface area contributed by atoms with Gasteiger partial charge in [0.2, 0.25) is 0 Å². The Labute approximate surface area is 124 Å². The molecular formula is C16H20ClN3. The zero-order valence-corrected chi connectivity index (χ0v) is 12.8. The number of rotatable bonds is 3. The Kier molecular flexibility index (Phi) is 3.92. The fourth-order valence-corrected chi connectivity index (χ4v) is 3.24. The SMILES string of the molecule is CCN1CCc2nc3c(Cl)cccc3c(CNC)c2C1. The summed E-state index contributed by atoms with van der Waals surface area (Å²) in [6, 6.07) is 6.07. The predicted molar refractivity (Wildman–Crippen MR) is 84.2 cm³/mol. The maximum atomic E-state index is 6.33. The summed E-state index contributed by atoms with van der Waals surface area (Å²) < 4.78 is 0. The van der Waals surface area contributed by atoms with Crippen molar-refractivity contribution >= 4 is 22.5 Å². The summed E-state index contributed by atoms with van der Waals surface area (Å²) in [5, 5.41) is 5.22. The normalized spacial score (nSPS) is 15.6. The molecule has 0 unspecified atom stereocenters. The molecule has 2 heterocycles. The molecule has 3 nitrogen and oxygen atoms in total. The number of nitrogens with one attached hydrogen (secondary N) is 1. The molecule has 20 heavy (non-hydrogen) atoms. The first-order chi connectivity index (χ1) is 9.74. The van der Waals surface area contributed by atoms with E-state index in [2.05, 4.69) is 23.2 Å². The van der Waals surface area contributed by atoms with E-state index in [0.29, 0.717) is 0 Å². The zero-order valence-electron chi connectivity index (χ0n) is 12.0. The van der Waals surface area contributed by atoms with Gasteiger partial charge in [-0.2, -0.15) is 0 Å². The van der Waals surface area contributed by atoms with Gasteiger partial charge in [-0.05, 0) is 30.8 Å². The summed E-state index contributed by atoms with van der Waals surface area (Å²) in [5.74, 6) is 0. The molecule has 0 amide bonds. The molecule has 0 atom stereocenters. The molecule has 106 valence electrons. The number of nitrogens with zero attached hydrogens (tertiary/aromatic N) is 2. The molecule has 0 fully saturated rings. The van der Waals surface area contributed by atoms with Crippen molar-refractivity contribution < 1.29 is 0 Å². The highest BCUT2D eigenvalue weighted by atomic mass is 35.5. The van der Waals surface area contributed by atoms with E-state index >= 15 is 0 Å². The van der Waals surface area contributed by atoms with Gasteiger partial charge >= 0.3 is 0 Å². The van der Waals surface area contributed by atoms with Crippen molar-refractivity contribution in [3.63, 3.8) is 0 Å². The summed E-state index contributed by atoms with van der Waals surface area (Å²) in [6.07, 6.45) is 1.01. The minimum atomic E-state index is 0.751. The zero-order chi connectivity index (χ0) is 14.1. The van der Waals surface area contributed by atoms with Crippen LogP contribution in [-0.4, -0.2) is 30.0 Å². The fraction of sp³-hybridized carbons (Fsp3) is 0.438. The molecule has 1 N–H and O–H groups in total. The third-order valence-electron chi connectivity index (χ3n) is 4.12. The van der Waals surface area contributed by atoms with Crippen LogP contribution in [0.25, 0.3) is 10.9 Å². The van der Waals surface area contributed by atoms with Crippen molar-refractivity contribution in [2.45, 2.75) is 26.4 Å². The number of halogens is 1. The molecule has 0 aliphatic carbocycles. The van der Waals surface area contributed by atoms with Crippen molar-refractivity contribution in [1.82, 2.24) is 15.2 Å². The van der Waals surface area contributed by atoms with Crippen molar-refractivity contribution in [3.05, 3.63) is 40.0 Å². The molecule has 1 aliphatic heterocycles. The van der Waals surface area contributed by atoms with Gasteiger partial charge in [-0.15, -0.1) is 0 Å². The molecule has 0 radical (unpaired) electrons. The Hall–Kier alpha value is -1.16. The van der Waals surface area contributed by atoms with Crippen LogP contribution >= 0.6 is 11.6 Å². The third kappa shape index (κ3) is 2.30. The van der Waals surface area contributed by atoms with Crippen LogP contribution in [0.15, 0.2) is 18.2 Å². The topological polar surface area (TPSA) is 28.2 Å². The molecule has 4 heteroatoms. The highest BCUT2D eigenvalue weighted by Gasteiger charge is 2.21. The van der Waals surface area contributed by atoms with E-state index < -0.39 is 0 Å².